The third-order valence-electron chi connectivity index (χ3n) is 5.26. The quantitative estimate of drug-likeness (QED) is 0.585. The van der Waals surface area contributed by atoms with Crippen molar-refractivity contribution >= 4 is 33.2 Å². The minimum absolute atomic E-state index is 0.0293. The largest absolute Gasteiger partial charge is 0.369 e. The van der Waals surface area contributed by atoms with Crippen molar-refractivity contribution in [2.75, 3.05) is 31.1 Å². The lowest BCUT2D eigenvalue weighted by Gasteiger charge is -2.35. The topological polar surface area (TPSA) is 100 Å². The number of sulfonamides is 1. The van der Waals surface area contributed by atoms with E-state index in [2.05, 4.69) is 20.3 Å². The first-order valence-electron chi connectivity index (χ1n) is 10.1. The van der Waals surface area contributed by atoms with Gasteiger partial charge in [-0.15, -0.1) is 0 Å². The number of carbonyl (C=O) groups is 1. The molecule has 1 amide bonds. The van der Waals surface area contributed by atoms with Crippen LogP contribution in [0.15, 0.2) is 60.0 Å². The van der Waals surface area contributed by atoms with Gasteiger partial charge in [-0.2, -0.15) is 9.40 Å². The van der Waals surface area contributed by atoms with Crippen molar-refractivity contribution < 1.29 is 13.2 Å². The summed E-state index contributed by atoms with van der Waals surface area (Å²) in [6.45, 7) is 1.89. The van der Waals surface area contributed by atoms with Crippen LogP contribution in [-0.4, -0.2) is 59.6 Å². The average molecular weight is 475 g/mol. The molecule has 9 nitrogen and oxygen atoms in total. The van der Waals surface area contributed by atoms with E-state index in [1.165, 1.54) is 15.2 Å². The summed E-state index contributed by atoms with van der Waals surface area (Å²) in [4.78, 5) is 18.8. The Labute approximate surface area is 191 Å². The highest BCUT2D eigenvalue weighted by atomic mass is 35.5. The second-order valence-electron chi connectivity index (χ2n) is 7.43. The van der Waals surface area contributed by atoms with Gasteiger partial charge in [-0.3, -0.25) is 14.5 Å². The maximum Gasteiger partial charge on any atom is 0.263 e. The minimum Gasteiger partial charge on any atom is -0.369 e. The predicted octanol–water partition coefficient (Wildman–Crippen LogP) is 1.91. The van der Waals surface area contributed by atoms with Gasteiger partial charge in [0.25, 0.3) is 15.9 Å². The van der Waals surface area contributed by atoms with Gasteiger partial charge in [0.05, 0.1) is 5.56 Å². The molecule has 32 heavy (non-hydrogen) atoms. The molecule has 1 aromatic carbocycles. The van der Waals surface area contributed by atoms with E-state index in [0.29, 0.717) is 31.2 Å². The fourth-order valence-corrected chi connectivity index (χ4v) is 5.22. The first-order valence-corrected chi connectivity index (χ1v) is 11.9. The van der Waals surface area contributed by atoms with Gasteiger partial charge >= 0.3 is 0 Å². The van der Waals surface area contributed by atoms with Gasteiger partial charge in [-0.25, -0.2) is 8.42 Å². The monoisotopic (exact) mass is 474 g/mol. The Bertz CT molecular complexity index is 1190. The minimum atomic E-state index is -3.93. The fourth-order valence-electron chi connectivity index (χ4n) is 3.55. The zero-order valence-electron chi connectivity index (χ0n) is 17.5. The zero-order valence-corrected chi connectivity index (χ0v) is 19.1. The Morgan fingerprint density at radius 2 is 1.72 bits per heavy atom. The van der Waals surface area contributed by atoms with Crippen molar-refractivity contribution in [1.29, 1.82) is 0 Å². The number of hydrogen-bond acceptors (Lipinski definition) is 6. The number of nitrogens with zero attached hydrogens (tertiary/aromatic N) is 5. The predicted molar refractivity (Wildman–Crippen MR) is 121 cm³/mol. The standard InChI is InChI=1S/C21H23ClN6O3S/c1-26-15-19(20(29)24-14-16-6-8-23-9-7-16)21(25-26)32(30,31)28-12-10-27(11-13-28)18-4-2-17(22)3-5-18/h2-9,15H,10-14H2,1H3,(H,24,29). The summed E-state index contributed by atoms with van der Waals surface area (Å²) in [5.74, 6) is -0.492. The third-order valence-corrected chi connectivity index (χ3v) is 7.34. The highest BCUT2D eigenvalue weighted by Crippen LogP contribution is 2.23. The van der Waals surface area contributed by atoms with E-state index in [4.69, 9.17) is 11.6 Å². The molecule has 1 fully saturated rings. The van der Waals surface area contributed by atoms with Crippen LogP contribution in [0.2, 0.25) is 5.02 Å². The van der Waals surface area contributed by atoms with Crippen LogP contribution in [0.5, 0.6) is 0 Å². The van der Waals surface area contributed by atoms with Gasteiger partial charge in [0.2, 0.25) is 5.03 Å². The molecule has 0 radical (unpaired) electrons. The molecule has 0 aliphatic carbocycles. The number of nitrogens with one attached hydrogen (secondary N) is 1. The number of carbonyl (C=O) groups excluding carboxylic acids is 1. The summed E-state index contributed by atoms with van der Waals surface area (Å²) in [6, 6.07) is 11.0. The molecule has 1 N–H and O–H groups in total. The Balaban J connectivity index is 1.47. The van der Waals surface area contributed by atoms with Gasteiger partial charge in [0, 0.05) is 69.1 Å². The number of piperazine rings is 1. The Morgan fingerprint density at radius 1 is 1.06 bits per heavy atom. The van der Waals surface area contributed by atoms with E-state index < -0.39 is 15.9 Å². The van der Waals surface area contributed by atoms with Crippen LogP contribution in [0.3, 0.4) is 0 Å². The van der Waals surface area contributed by atoms with E-state index in [1.54, 1.807) is 31.6 Å². The Kier molecular flexibility index (Phi) is 6.45. The first-order chi connectivity index (χ1) is 15.3. The highest BCUT2D eigenvalue weighted by molar-refractivity contribution is 7.89. The summed E-state index contributed by atoms with van der Waals surface area (Å²) in [6.07, 6.45) is 4.69. The van der Waals surface area contributed by atoms with Crippen LogP contribution < -0.4 is 10.2 Å². The van der Waals surface area contributed by atoms with Crippen molar-refractivity contribution in [3.05, 3.63) is 71.1 Å². The number of amides is 1. The molecule has 0 saturated carbocycles. The number of hydrogen-bond donors (Lipinski definition) is 1. The van der Waals surface area contributed by atoms with E-state index in [0.717, 1.165) is 11.3 Å². The molecule has 168 valence electrons. The van der Waals surface area contributed by atoms with E-state index in [9.17, 15) is 13.2 Å². The number of aryl methyl sites for hydroxylation is 1. The molecule has 0 unspecified atom stereocenters. The van der Waals surface area contributed by atoms with Crippen LogP contribution in [0.25, 0.3) is 0 Å². The number of aromatic nitrogens is 3. The maximum atomic E-state index is 13.3. The van der Waals surface area contributed by atoms with E-state index >= 15 is 0 Å². The highest BCUT2D eigenvalue weighted by Gasteiger charge is 2.34. The molecule has 0 spiro atoms. The summed E-state index contributed by atoms with van der Waals surface area (Å²) in [5.41, 5.74) is 1.88. The Hall–Kier alpha value is -2.95. The van der Waals surface area contributed by atoms with Crippen molar-refractivity contribution in [3.8, 4) is 0 Å². The lowest BCUT2D eigenvalue weighted by Crippen LogP contribution is -2.49. The number of anilines is 1. The molecule has 1 aliphatic rings. The summed E-state index contributed by atoms with van der Waals surface area (Å²) in [5, 5.41) is 7.29. The van der Waals surface area contributed by atoms with Crippen LogP contribution in [0.1, 0.15) is 15.9 Å². The van der Waals surface area contributed by atoms with Gasteiger partial charge in [-0.1, -0.05) is 11.6 Å². The molecule has 2 aromatic heterocycles. The normalized spacial score (nSPS) is 15.0. The number of pyridine rings is 1. The van der Waals surface area contributed by atoms with Gasteiger partial charge in [0.15, 0.2) is 0 Å². The molecule has 1 aliphatic heterocycles. The van der Waals surface area contributed by atoms with E-state index in [-0.39, 0.29) is 17.1 Å². The Morgan fingerprint density at radius 3 is 2.38 bits per heavy atom. The second kappa shape index (κ2) is 9.27. The molecule has 0 atom stereocenters. The number of benzene rings is 1. The van der Waals surface area contributed by atoms with Crippen molar-refractivity contribution in [2.45, 2.75) is 11.6 Å². The van der Waals surface area contributed by atoms with Crippen molar-refractivity contribution in [2.24, 2.45) is 7.05 Å². The van der Waals surface area contributed by atoms with Gasteiger partial charge in [0.1, 0.15) is 0 Å². The molecular formula is C21H23ClN6O3S. The molecule has 3 heterocycles. The van der Waals surface area contributed by atoms with Gasteiger partial charge < -0.3 is 10.2 Å². The maximum absolute atomic E-state index is 13.3. The first kappa shape index (κ1) is 22.3. The number of rotatable bonds is 6. The zero-order chi connectivity index (χ0) is 22.7. The summed E-state index contributed by atoms with van der Waals surface area (Å²) < 4.78 is 29.3. The fraction of sp³-hybridized carbons (Fsp3) is 0.286. The van der Waals surface area contributed by atoms with Crippen molar-refractivity contribution in [3.63, 3.8) is 0 Å². The van der Waals surface area contributed by atoms with Gasteiger partial charge in [-0.05, 0) is 42.0 Å². The smallest absolute Gasteiger partial charge is 0.263 e. The number of halogens is 1. The van der Waals surface area contributed by atoms with Crippen LogP contribution in [0.4, 0.5) is 5.69 Å². The second-order valence-corrected chi connectivity index (χ2v) is 9.72. The van der Waals surface area contributed by atoms with Crippen LogP contribution in [-0.2, 0) is 23.6 Å². The van der Waals surface area contributed by atoms with Crippen molar-refractivity contribution in [1.82, 2.24) is 24.4 Å². The molecule has 3 aromatic rings. The summed E-state index contributed by atoms with van der Waals surface area (Å²) in [7, 11) is -2.33. The van der Waals surface area contributed by atoms with E-state index in [1.807, 2.05) is 24.3 Å². The molecular weight excluding hydrogens is 452 g/mol. The SMILES string of the molecule is Cn1cc(C(=O)NCc2ccncc2)c(S(=O)(=O)N2CCN(c3ccc(Cl)cc3)CC2)n1. The van der Waals surface area contributed by atoms with Crippen LogP contribution >= 0.6 is 11.6 Å². The molecule has 4 rings (SSSR count). The molecule has 1 saturated heterocycles. The summed E-state index contributed by atoms with van der Waals surface area (Å²) >= 11 is 5.95. The molecule has 11 heteroatoms. The lowest BCUT2D eigenvalue weighted by molar-refractivity contribution is 0.0947. The van der Waals surface area contributed by atoms with Crippen LogP contribution in [0, 0.1) is 0 Å². The molecule has 0 bridgehead atoms. The third kappa shape index (κ3) is 4.77. The lowest BCUT2D eigenvalue weighted by atomic mass is 10.2. The average Bonchev–Trinajstić information content (AvgIpc) is 3.21.